The summed E-state index contributed by atoms with van der Waals surface area (Å²) in [6, 6.07) is 12.1. The van der Waals surface area contributed by atoms with Crippen LogP contribution in [0.15, 0.2) is 55.6 Å². The van der Waals surface area contributed by atoms with Crippen molar-refractivity contribution in [1.29, 1.82) is 0 Å². The third-order valence-corrected chi connectivity index (χ3v) is 7.05. The van der Waals surface area contributed by atoms with Crippen LogP contribution >= 0.6 is 11.1 Å². The molecule has 0 radical (unpaired) electrons. The fourth-order valence-electron chi connectivity index (χ4n) is 1.51. The summed E-state index contributed by atoms with van der Waals surface area (Å²) in [7, 11) is -1.89. The topological polar surface area (TPSA) is 0 Å². The Hall–Kier alpha value is -0.793. The van der Waals surface area contributed by atoms with Crippen LogP contribution in [-0.4, -0.2) is 7.38 Å². The minimum absolute atomic E-state index is 0.893. The highest BCUT2D eigenvalue weighted by molar-refractivity contribution is 7.27. The summed E-state index contributed by atoms with van der Waals surface area (Å²) in [4.78, 5) is 0. The SMILES string of the molecule is C=CC[Si](Cl)(CC=C)c1ccccc1. The van der Waals surface area contributed by atoms with Crippen molar-refractivity contribution < 1.29 is 0 Å². The molecule has 0 saturated carbocycles. The van der Waals surface area contributed by atoms with Gasteiger partial charge >= 0.3 is 0 Å². The molecule has 74 valence electrons. The van der Waals surface area contributed by atoms with Gasteiger partial charge in [0.2, 0.25) is 0 Å². The van der Waals surface area contributed by atoms with Crippen molar-refractivity contribution in [2.24, 2.45) is 0 Å². The third kappa shape index (κ3) is 2.60. The number of hydrogen-bond acceptors (Lipinski definition) is 0. The minimum atomic E-state index is -1.89. The smallest absolute Gasteiger partial charge is 0.160 e. The fourth-order valence-corrected chi connectivity index (χ4v) is 4.89. The van der Waals surface area contributed by atoms with Gasteiger partial charge in [-0.25, -0.2) is 0 Å². The van der Waals surface area contributed by atoms with E-state index in [0.29, 0.717) is 0 Å². The van der Waals surface area contributed by atoms with Gasteiger partial charge in [-0.15, -0.1) is 13.2 Å². The van der Waals surface area contributed by atoms with Crippen LogP contribution in [0.5, 0.6) is 0 Å². The molecule has 0 spiro atoms. The Morgan fingerprint density at radius 2 is 1.57 bits per heavy atom. The number of hydrogen-bond donors (Lipinski definition) is 0. The average Bonchev–Trinajstić information content (AvgIpc) is 2.20. The second-order valence-electron chi connectivity index (χ2n) is 3.32. The first-order valence-corrected chi connectivity index (χ1v) is 8.12. The summed E-state index contributed by atoms with van der Waals surface area (Å²) >= 11 is 6.66. The predicted molar refractivity (Wildman–Crippen MR) is 67.7 cm³/mol. The Labute approximate surface area is 91.6 Å². The minimum Gasteiger partial charge on any atom is -0.160 e. The molecule has 0 aliphatic rings. The maximum absolute atomic E-state index is 6.66. The Bertz CT molecular complexity index is 295. The third-order valence-electron chi connectivity index (χ3n) is 2.23. The predicted octanol–water partition coefficient (Wildman–Crippen LogP) is 3.45. The Morgan fingerprint density at radius 3 is 2.00 bits per heavy atom. The van der Waals surface area contributed by atoms with Crippen molar-refractivity contribution in [2.45, 2.75) is 12.1 Å². The number of rotatable bonds is 5. The highest BCUT2D eigenvalue weighted by Crippen LogP contribution is 2.21. The van der Waals surface area contributed by atoms with Crippen LogP contribution in [-0.2, 0) is 0 Å². The molecule has 2 heteroatoms. The maximum Gasteiger partial charge on any atom is 0.194 e. The molecule has 0 aliphatic carbocycles. The van der Waals surface area contributed by atoms with Crippen LogP contribution in [0.25, 0.3) is 0 Å². The van der Waals surface area contributed by atoms with E-state index in [2.05, 4.69) is 25.3 Å². The Balaban J connectivity index is 2.98. The normalized spacial score (nSPS) is 10.9. The van der Waals surface area contributed by atoms with Crippen LogP contribution in [0.3, 0.4) is 0 Å². The van der Waals surface area contributed by atoms with Gasteiger partial charge in [-0.3, -0.25) is 0 Å². The first-order valence-electron chi connectivity index (χ1n) is 4.69. The fraction of sp³-hybridized carbons (Fsp3) is 0.167. The molecule has 0 aliphatic heterocycles. The van der Waals surface area contributed by atoms with Crippen molar-refractivity contribution in [1.82, 2.24) is 0 Å². The molecule has 1 aromatic rings. The molecule has 0 atom stereocenters. The lowest BCUT2D eigenvalue weighted by Gasteiger charge is -2.21. The lowest BCUT2D eigenvalue weighted by molar-refractivity contribution is 1.52. The van der Waals surface area contributed by atoms with Gasteiger partial charge in [0.05, 0.1) is 0 Å². The Morgan fingerprint density at radius 1 is 1.07 bits per heavy atom. The van der Waals surface area contributed by atoms with Gasteiger partial charge in [0, 0.05) is 0 Å². The van der Waals surface area contributed by atoms with E-state index >= 15 is 0 Å². The molecule has 0 saturated heterocycles. The summed E-state index contributed by atoms with van der Waals surface area (Å²) in [5.74, 6) is 0. The molecule has 0 bridgehead atoms. The number of benzene rings is 1. The zero-order chi connectivity index (χ0) is 10.4. The zero-order valence-corrected chi connectivity index (χ0v) is 10.0. The molecule has 0 amide bonds. The molecule has 0 nitrogen and oxygen atoms in total. The molecule has 0 fully saturated rings. The van der Waals surface area contributed by atoms with Gasteiger partial charge in [0.15, 0.2) is 7.38 Å². The molecule has 1 aromatic carbocycles. The summed E-state index contributed by atoms with van der Waals surface area (Å²) in [6.07, 6.45) is 3.82. The highest BCUT2D eigenvalue weighted by atomic mass is 35.6. The van der Waals surface area contributed by atoms with Crippen LogP contribution in [0, 0.1) is 0 Å². The van der Waals surface area contributed by atoms with Crippen LogP contribution in [0.4, 0.5) is 0 Å². The first kappa shape index (κ1) is 11.3. The standard InChI is InChI=1S/C12H15ClSi/c1-3-10-14(13,11-4-2)12-8-6-5-7-9-12/h3-9H,1-2,10-11H2. The van der Waals surface area contributed by atoms with Crippen LogP contribution in [0.1, 0.15) is 0 Å². The summed E-state index contributed by atoms with van der Waals surface area (Å²) in [6.45, 7) is 7.54. The summed E-state index contributed by atoms with van der Waals surface area (Å²) in [5, 5.41) is 1.27. The maximum atomic E-state index is 6.66. The molecule has 1 rings (SSSR count). The van der Waals surface area contributed by atoms with E-state index in [9.17, 15) is 0 Å². The Kier molecular flexibility index (Phi) is 4.17. The lowest BCUT2D eigenvalue weighted by atomic mass is 10.4. The average molecular weight is 223 g/mol. The molecule has 0 heterocycles. The van der Waals surface area contributed by atoms with Crippen molar-refractivity contribution in [3.8, 4) is 0 Å². The van der Waals surface area contributed by atoms with E-state index < -0.39 is 7.38 Å². The number of halogens is 1. The zero-order valence-electron chi connectivity index (χ0n) is 8.25. The summed E-state index contributed by atoms with van der Waals surface area (Å²) < 4.78 is 0. The quantitative estimate of drug-likeness (QED) is 0.407. The monoisotopic (exact) mass is 222 g/mol. The van der Waals surface area contributed by atoms with Gasteiger partial charge in [-0.2, -0.15) is 11.1 Å². The van der Waals surface area contributed by atoms with E-state index in [1.807, 2.05) is 30.4 Å². The van der Waals surface area contributed by atoms with E-state index in [0.717, 1.165) is 12.1 Å². The summed E-state index contributed by atoms with van der Waals surface area (Å²) in [5.41, 5.74) is 0. The van der Waals surface area contributed by atoms with E-state index in [4.69, 9.17) is 11.1 Å². The van der Waals surface area contributed by atoms with Gasteiger partial charge in [-0.05, 0) is 17.3 Å². The first-order chi connectivity index (χ1) is 6.73. The second-order valence-corrected chi connectivity index (χ2v) is 8.81. The van der Waals surface area contributed by atoms with E-state index in [1.54, 1.807) is 0 Å². The molecule has 0 N–H and O–H groups in total. The van der Waals surface area contributed by atoms with Crippen molar-refractivity contribution in [3.05, 3.63) is 55.6 Å². The van der Waals surface area contributed by atoms with E-state index in [1.165, 1.54) is 5.19 Å². The van der Waals surface area contributed by atoms with Crippen molar-refractivity contribution in [2.75, 3.05) is 0 Å². The van der Waals surface area contributed by atoms with Gasteiger partial charge in [-0.1, -0.05) is 42.5 Å². The molecule has 0 aromatic heterocycles. The van der Waals surface area contributed by atoms with Crippen molar-refractivity contribution in [3.63, 3.8) is 0 Å². The van der Waals surface area contributed by atoms with Gasteiger partial charge < -0.3 is 0 Å². The largest absolute Gasteiger partial charge is 0.194 e. The van der Waals surface area contributed by atoms with Gasteiger partial charge in [0.25, 0.3) is 0 Å². The second kappa shape index (κ2) is 5.18. The molecular weight excluding hydrogens is 208 g/mol. The van der Waals surface area contributed by atoms with Gasteiger partial charge in [0.1, 0.15) is 0 Å². The van der Waals surface area contributed by atoms with Crippen molar-refractivity contribution >= 4 is 23.6 Å². The molecule has 0 unspecified atom stereocenters. The van der Waals surface area contributed by atoms with Crippen LogP contribution < -0.4 is 5.19 Å². The van der Waals surface area contributed by atoms with E-state index in [-0.39, 0.29) is 0 Å². The lowest BCUT2D eigenvalue weighted by Crippen LogP contribution is -2.40. The highest BCUT2D eigenvalue weighted by Gasteiger charge is 2.29. The number of allylic oxidation sites excluding steroid dienone is 2. The van der Waals surface area contributed by atoms with Crippen LogP contribution in [0.2, 0.25) is 12.1 Å². The molecular formula is C12H15ClSi. The molecule has 14 heavy (non-hydrogen) atoms.